The molecule has 0 fully saturated rings. The first-order chi connectivity index (χ1) is 26.8. The molecule has 0 spiro atoms. The molecule has 0 N–H and O–H groups in total. The predicted octanol–water partition coefficient (Wildman–Crippen LogP) is 14.7. The molecular weight excluding hydrogens is 677 g/mol. The van der Waals surface area contributed by atoms with Gasteiger partial charge in [0.05, 0.1) is 5.52 Å². The lowest BCUT2D eigenvalue weighted by atomic mass is 10.0. The third-order valence-corrected chi connectivity index (χ3v) is 11.8. The van der Waals surface area contributed by atoms with Gasteiger partial charge < -0.3 is 13.9 Å². The van der Waals surface area contributed by atoms with Gasteiger partial charge in [0.1, 0.15) is 11.1 Å². The second-order valence-corrected chi connectivity index (χ2v) is 14.8. The monoisotopic (exact) mass is 708 g/mol. The van der Waals surface area contributed by atoms with E-state index in [1.165, 1.54) is 31.3 Å². The number of fused-ring (bicyclic) bond motifs is 8. The Kier molecular flexibility index (Phi) is 7.04. The summed E-state index contributed by atoms with van der Waals surface area (Å²) >= 11 is 1.85. The zero-order valence-corrected chi connectivity index (χ0v) is 30.0. The minimum absolute atomic E-state index is 0.886. The van der Waals surface area contributed by atoms with E-state index >= 15 is 0 Å². The van der Waals surface area contributed by atoms with E-state index in [-0.39, 0.29) is 0 Å². The van der Waals surface area contributed by atoms with Crippen LogP contribution in [-0.2, 0) is 0 Å². The van der Waals surface area contributed by atoms with Crippen LogP contribution in [0.4, 0.5) is 17.1 Å². The molecule has 0 unspecified atom stereocenters. The molecule has 0 bridgehead atoms. The van der Waals surface area contributed by atoms with Crippen molar-refractivity contribution in [1.29, 1.82) is 0 Å². The van der Waals surface area contributed by atoms with Gasteiger partial charge in [-0.2, -0.15) is 0 Å². The molecule has 3 heterocycles. The van der Waals surface area contributed by atoms with Crippen molar-refractivity contribution in [3.05, 3.63) is 194 Å². The number of thiophene rings is 1. The highest BCUT2D eigenvalue weighted by Gasteiger charge is 2.20. The van der Waals surface area contributed by atoms with E-state index in [9.17, 15) is 0 Å². The second-order valence-electron chi connectivity index (χ2n) is 13.8. The number of benzene rings is 8. The highest BCUT2D eigenvalue weighted by atomic mass is 32.1. The normalized spacial score (nSPS) is 11.7. The largest absolute Gasteiger partial charge is 0.454 e. The average molecular weight is 709 g/mol. The van der Waals surface area contributed by atoms with Crippen LogP contribution in [0.1, 0.15) is 0 Å². The molecule has 8 aromatic carbocycles. The van der Waals surface area contributed by atoms with Gasteiger partial charge in [-0.25, -0.2) is 0 Å². The Morgan fingerprint density at radius 3 is 1.74 bits per heavy atom. The Bertz CT molecular complexity index is 3140. The Morgan fingerprint density at radius 1 is 0.407 bits per heavy atom. The van der Waals surface area contributed by atoms with E-state index in [0.717, 1.165) is 66.8 Å². The van der Waals surface area contributed by atoms with Crippen LogP contribution in [0.3, 0.4) is 0 Å². The fourth-order valence-electron chi connectivity index (χ4n) is 8.03. The Morgan fingerprint density at radius 2 is 0.981 bits per heavy atom. The molecule has 0 saturated heterocycles. The molecule has 54 heavy (non-hydrogen) atoms. The minimum atomic E-state index is 0.886. The summed E-state index contributed by atoms with van der Waals surface area (Å²) in [7, 11) is 0. The number of hydrogen-bond donors (Lipinski definition) is 0. The first kappa shape index (κ1) is 30.7. The maximum atomic E-state index is 6.57. The maximum absolute atomic E-state index is 6.57. The van der Waals surface area contributed by atoms with Crippen molar-refractivity contribution in [2.75, 3.05) is 4.90 Å². The summed E-state index contributed by atoms with van der Waals surface area (Å²) in [5, 5.41) is 4.79. The van der Waals surface area contributed by atoms with E-state index in [1.54, 1.807) is 0 Å². The number of anilines is 3. The van der Waals surface area contributed by atoms with Gasteiger partial charge in [0, 0.05) is 53.7 Å². The van der Waals surface area contributed by atoms with Gasteiger partial charge in [0.15, 0.2) is 5.58 Å². The first-order valence-electron chi connectivity index (χ1n) is 18.3. The summed E-state index contributed by atoms with van der Waals surface area (Å²) in [6, 6.07) is 69.6. The molecule has 254 valence electrons. The summed E-state index contributed by atoms with van der Waals surface area (Å²) in [6.07, 6.45) is 0. The van der Waals surface area contributed by atoms with E-state index < -0.39 is 0 Å². The highest BCUT2D eigenvalue weighted by Crippen LogP contribution is 2.43. The van der Waals surface area contributed by atoms with Gasteiger partial charge in [-0.15, -0.1) is 11.3 Å². The molecule has 3 nitrogen and oxygen atoms in total. The topological polar surface area (TPSA) is 21.3 Å². The van der Waals surface area contributed by atoms with Gasteiger partial charge in [0.25, 0.3) is 0 Å². The van der Waals surface area contributed by atoms with Crippen LogP contribution in [0.15, 0.2) is 199 Å². The standard InChI is InChI=1S/C50H32N2OS/c1-3-11-33(12-4-1)34-19-24-38(25-20-34)51(40-28-30-48-43(32-40)41-15-8-10-18-47(41)54-48)39-26-21-35(22-27-39)36-23-29-46-44(31-36)49-50(53-46)42-16-7-9-17-45(42)52(49)37-13-5-2-6-14-37/h1-32H. The third-order valence-electron chi connectivity index (χ3n) is 10.6. The predicted molar refractivity (Wildman–Crippen MR) is 229 cm³/mol. The SMILES string of the molecule is c1ccc(-c2ccc(N(c3ccc(-c4ccc5oc6c7ccccc7n(-c7ccccc7)c6c5c4)cc3)c3ccc4sc5ccccc5c4c3)cc2)cc1. The minimum Gasteiger partial charge on any atom is -0.454 e. The van der Waals surface area contributed by atoms with E-state index in [1.807, 2.05) is 11.3 Å². The van der Waals surface area contributed by atoms with Crippen LogP contribution in [0, 0.1) is 0 Å². The van der Waals surface area contributed by atoms with Crippen LogP contribution in [0.2, 0.25) is 0 Å². The van der Waals surface area contributed by atoms with Crippen molar-refractivity contribution in [3.63, 3.8) is 0 Å². The molecule has 0 radical (unpaired) electrons. The van der Waals surface area contributed by atoms with Crippen LogP contribution in [-0.4, -0.2) is 4.57 Å². The molecule has 0 atom stereocenters. The number of rotatable bonds is 6. The maximum Gasteiger partial charge on any atom is 0.161 e. The summed E-state index contributed by atoms with van der Waals surface area (Å²) in [6.45, 7) is 0. The Labute approximate surface area is 316 Å². The van der Waals surface area contributed by atoms with E-state index in [4.69, 9.17) is 4.42 Å². The molecule has 0 amide bonds. The summed E-state index contributed by atoms with van der Waals surface area (Å²) in [5.74, 6) is 0. The zero-order valence-electron chi connectivity index (χ0n) is 29.2. The van der Waals surface area contributed by atoms with Crippen LogP contribution in [0.25, 0.3) is 81.1 Å². The third kappa shape index (κ3) is 4.96. The number of para-hydroxylation sites is 2. The van der Waals surface area contributed by atoms with Crippen molar-refractivity contribution in [2.45, 2.75) is 0 Å². The number of nitrogens with zero attached hydrogens (tertiary/aromatic N) is 2. The summed E-state index contributed by atoms with van der Waals surface area (Å²) in [5.41, 5.74) is 13.2. The molecule has 11 rings (SSSR count). The fourth-order valence-corrected chi connectivity index (χ4v) is 9.12. The molecule has 0 saturated carbocycles. The Hall–Kier alpha value is -6.88. The number of furan rings is 1. The lowest BCUT2D eigenvalue weighted by Crippen LogP contribution is -2.09. The van der Waals surface area contributed by atoms with Gasteiger partial charge in [-0.05, 0) is 107 Å². The van der Waals surface area contributed by atoms with Crippen LogP contribution < -0.4 is 4.90 Å². The molecular formula is C50H32N2OS. The van der Waals surface area contributed by atoms with E-state index in [0.29, 0.717) is 0 Å². The van der Waals surface area contributed by atoms with Crippen molar-refractivity contribution >= 4 is 81.5 Å². The van der Waals surface area contributed by atoms with Gasteiger partial charge >= 0.3 is 0 Å². The van der Waals surface area contributed by atoms with Gasteiger partial charge in [-0.3, -0.25) is 0 Å². The molecule has 0 aliphatic carbocycles. The van der Waals surface area contributed by atoms with E-state index in [2.05, 4.69) is 204 Å². The van der Waals surface area contributed by atoms with Gasteiger partial charge in [0.2, 0.25) is 0 Å². The van der Waals surface area contributed by atoms with Crippen molar-refractivity contribution in [1.82, 2.24) is 4.57 Å². The second kappa shape index (κ2) is 12.4. The summed E-state index contributed by atoms with van der Waals surface area (Å²) in [4.78, 5) is 2.37. The van der Waals surface area contributed by atoms with Crippen LogP contribution >= 0.6 is 11.3 Å². The number of hydrogen-bond acceptors (Lipinski definition) is 3. The van der Waals surface area contributed by atoms with Crippen LogP contribution in [0.5, 0.6) is 0 Å². The molecule has 3 aromatic heterocycles. The Balaban J connectivity index is 1.03. The molecule has 4 heteroatoms. The lowest BCUT2D eigenvalue weighted by molar-refractivity contribution is 0.673. The average Bonchev–Trinajstić information content (AvgIpc) is 3.91. The lowest BCUT2D eigenvalue weighted by Gasteiger charge is -2.26. The number of aromatic nitrogens is 1. The smallest absolute Gasteiger partial charge is 0.161 e. The molecule has 0 aliphatic rings. The van der Waals surface area contributed by atoms with Crippen molar-refractivity contribution in [3.8, 4) is 27.9 Å². The zero-order chi connectivity index (χ0) is 35.6. The molecule has 11 aromatic rings. The highest BCUT2D eigenvalue weighted by molar-refractivity contribution is 7.25. The molecule has 0 aliphatic heterocycles. The fraction of sp³-hybridized carbons (Fsp3) is 0. The first-order valence-corrected chi connectivity index (χ1v) is 19.1. The van der Waals surface area contributed by atoms with Gasteiger partial charge in [-0.1, -0.05) is 109 Å². The van der Waals surface area contributed by atoms with Crippen molar-refractivity contribution in [2.24, 2.45) is 0 Å². The quantitative estimate of drug-likeness (QED) is 0.171. The summed E-state index contributed by atoms with van der Waals surface area (Å²) < 4.78 is 11.5. The van der Waals surface area contributed by atoms with Crippen molar-refractivity contribution < 1.29 is 4.42 Å².